The highest BCUT2D eigenvalue weighted by Crippen LogP contribution is 2.09. The van der Waals surface area contributed by atoms with Crippen LogP contribution >= 0.6 is 0 Å². The van der Waals surface area contributed by atoms with Gasteiger partial charge < -0.3 is 10.2 Å². The summed E-state index contributed by atoms with van der Waals surface area (Å²) in [5, 5.41) is 16.3. The van der Waals surface area contributed by atoms with Gasteiger partial charge in [0.1, 0.15) is 0 Å². The highest BCUT2D eigenvalue weighted by atomic mass is 16.9. The Labute approximate surface area is 130 Å². The summed E-state index contributed by atoms with van der Waals surface area (Å²) < 4.78 is 0. The Kier molecular flexibility index (Phi) is 26.7. The Bertz CT molecular complexity index is 174. The zero-order valence-corrected chi connectivity index (χ0v) is 13.7. The summed E-state index contributed by atoms with van der Waals surface area (Å²) in [6, 6.07) is 0. The van der Waals surface area contributed by atoms with Gasteiger partial charge in [0.15, 0.2) is 0 Å². The molecule has 0 spiro atoms. The zero-order valence-electron chi connectivity index (χ0n) is 13.7. The lowest BCUT2D eigenvalue weighted by atomic mass is 10.1. The number of unbranched alkanes of at least 4 members (excludes halogenated alkanes) is 8. The van der Waals surface area contributed by atoms with E-state index in [0.29, 0.717) is 0 Å². The zero-order chi connectivity index (χ0) is 16.0. The van der Waals surface area contributed by atoms with E-state index < -0.39 is 0 Å². The van der Waals surface area contributed by atoms with Crippen LogP contribution in [0.5, 0.6) is 0 Å². The third-order valence-corrected chi connectivity index (χ3v) is 2.77. The Morgan fingerprint density at radius 1 is 0.857 bits per heavy atom. The van der Waals surface area contributed by atoms with Gasteiger partial charge in [0, 0.05) is 0 Å². The molecule has 0 saturated carbocycles. The average molecular weight is 305 g/mol. The molecule has 0 heterocycles. The SMILES string of the molecule is C=CCCCCCCCCCC.OCCONOCCO. The molecule has 0 unspecified atom stereocenters. The first kappa shape index (κ1) is 22.8. The summed E-state index contributed by atoms with van der Waals surface area (Å²) in [4.78, 5) is 8.90. The van der Waals surface area contributed by atoms with Crippen LogP contribution in [0, 0.1) is 0 Å². The van der Waals surface area contributed by atoms with Gasteiger partial charge in [-0.25, -0.2) is 0 Å². The van der Waals surface area contributed by atoms with Gasteiger partial charge in [-0.2, -0.15) is 0 Å². The highest BCUT2D eigenvalue weighted by molar-refractivity contribution is 4.65. The summed E-state index contributed by atoms with van der Waals surface area (Å²) in [6.07, 6.45) is 14.5. The number of hydrogen-bond donors (Lipinski definition) is 3. The molecule has 0 aromatic heterocycles. The Morgan fingerprint density at radius 3 is 1.76 bits per heavy atom. The summed E-state index contributed by atoms with van der Waals surface area (Å²) in [5.74, 6) is 0. The van der Waals surface area contributed by atoms with Crippen molar-refractivity contribution < 1.29 is 19.9 Å². The minimum absolute atomic E-state index is 0.0600. The van der Waals surface area contributed by atoms with Crippen molar-refractivity contribution in [2.75, 3.05) is 26.4 Å². The third-order valence-electron chi connectivity index (χ3n) is 2.77. The quantitative estimate of drug-likeness (QED) is 0.246. The molecule has 21 heavy (non-hydrogen) atoms. The van der Waals surface area contributed by atoms with E-state index >= 15 is 0 Å². The molecule has 0 aliphatic carbocycles. The van der Waals surface area contributed by atoms with Crippen LogP contribution < -0.4 is 5.64 Å². The standard InChI is InChI=1S/C12H24.C4H11NO4/c1-3-5-7-9-11-12-10-8-6-4-2;6-1-3-8-5-9-4-2-7/h3H,1,4-12H2,2H3;5-7H,1-4H2. The molecule has 0 atom stereocenters. The van der Waals surface area contributed by atoms with Crippen LogP contribution in [0.4, 0.5) is 0 Å². The van der Waals surface area contributed by atoms with Crippen LogP contribution in [-0.2, 0) is 9.68 Å². The van der Waals surface area contributed by atoms with Gasteiger partial charge in [-0.1, -0.05) is 63.6 Å². The molecule has 0 aliphatic rings. The highest BCUT2D eigenvalue weighted by Gasteiger charge is 1.89. The fraction of sp³-hybridized carbons (Fsp3) is 0.875. The van der Waals surface area contributed by atoms with Gasteiger partial charge in [0.25, 0.3) is 0 Å². The van der Waals surface area contributed by atoms with E-state index in [4.69, 9.17) is 10.2 Å². The fourth-order valence-corrected chi connectivity index (χ4v) is 1.64. The van der Waals surface area contributed by atoms with Crippen LogP contribution in [0.3, 0.4) is 0 Å². The molecular formula is C16H35NO4. The number of hydrogen-bond acceptors (Lipinski definition) is 5. The maximum Gasteiger partial charge on any atom is 0.0940 e. The molecule has 5 nitrogen and oxygen atoms in total. The van der Waals surface area contributed by atoms with Crippen molar-refractivity contribution in [2.24, 2.45) is 0 Å². The number of allylic oxidation sites excluding steroid dienone is 1. The number of aliphatic hydroxyl groups is 2. The van der Waals surface area contributed by atoms with Crippen LogP contribution in [0.25, 0.3) is 0 Å². The molecule has 0 fully saturated rings. The monoisotopic (exact) mass is 305 g/mol. The first-order valence-electron chi connectivity index (χ1n) is 8.14. The second-order valence-electron chi connectivity index (χ2n) is 4.78. The molecule has 0 radical (unpaired) electrons. The average Bonchev–Trinajstić information content (AvgIpc) is 2.51. The van der Waals surface area contributed by atoms with Gasteiger partial charge in [0.2, 0.25) is 0 Å². The van der Waals surface area contributed by atoms with Crippen molar-refractivity contribution in [1.82, 2.24) is 5.64 Å². The molecule has 0 aliphatic heterocycles. The third kappa shape index (κ3) is 28.4. The van der Waals surface area contributed by atoms with Crippen LogP contribution in [0.2, 0.25) is 0 Å². The van der Waals surface area contributed by atoms with E-state index in [-0.39, 0.29) is 26.4 Å². The lowest BCUT2D eigenvalue weighted by Gasteiger charge is -2.01. The van der Waals surface area contributed by atoms with Crippen LogP contribution in [0.1, 0.15) is 64.7 Å². The Morgan fingerprint density at radius 2 is 1.33 bits per heavy atom. The van der Waals surface area contributed by atoms with E-state index in [1.54, 1.807) is 0 Å². The lowest BCUT2D eigenvalue weighted by molar-refractivity contribution is -0.178. The van der Waals surface area contributed by atoms with Gasteiger partial charge in [0.05, 0.1) is 26.4 Å². The second-order valence-corrected chi connectivity index (χ2v) is 4.78. The van der Waals surface area contributed by atoms with E-state index in [0.717, 1.165) is 0 Å². The topological polar surface area (TPSA) is 71.0 Å². The first-order chi connectivity index (χ1) is 10.3. The van der Waals surface area contributed by atoms with Gasteiger partial charge >= 0.3 is 0 Å². The van der Waals surface area contributed by atoms with E-state index in [9.17, 15) is 0 Å². The molecule has 0 rings (SSSR count). The van der Waals surface area contributed by atoms with E-state index in [1.807, 2.05) is 6.08 Å². The van der Waals surface area contributed by atoms with Crippen LogP contribution in [-0.4, -0.2) is 36.6 Å². The predicted octanol–water partition coefficient (Wildman–Crippen LogP) is 3.13. The smallest absolute Gasteiger partial charge is 0.0940 e. The summed E-state index contributed by atoms with van der Waals surface area (Å²) in [6.45, 7) is 6.21. The fourth-order valence-electron chi connectivity index (χ4n) is 1.64. The maximum absolute atomic E-state index is 8.15. The van der Waals surface area contributed by atoms with Crippen molar-refractivity contribution in [2.45, 2.75) is 64.7 Å². The van der Waals surface area contributed by atoms with Crippen molar-refractivity contribution in [3.63, 3.8) is 0 Å². The van der Waals surface area contributed by atoms with E-state index in [1.165, 1.54) is 57.8 Å². The predicted molar refractivity (Wildman–Crippen MR) is 86.6 cm³/mol. The van der Waals surface area contributed by atoms with Gasteiger partial charge in [-0.3, -0.25) is 9.68 Å². The molecule has 0 aromatic carbocycles. The summed E-state index contributed by atoms with van der Waals surface area (Å²) >= 11 is 0. The van der Waals surface area contributed by atoms with Crippen LogP contribution in [0.15, 0.2) is 12.7 Å². The van der Waals surface area contributed by atoms with Gasteiger partial charge in [-0.15, -0.1) is 6.58 Å². The minimum atomic E-state index is -0.0600. The number of rotatable bonds is 15. The molecule has 0 aromatic rings. The first-order valence-corrected chi connectivity index (χ1v) is 8.14. The Hall–Kier alpha value is -0.460. The summed E-state index contributed by atoms with van der Waals surface area (Å²) in [7, 11) is 0. The molecule has 3 N–H and O–H groups in total. The summed E-state index contributed by atoms with van der Waals surface area (Å²) in [5.41, 5.74) is 2.07. The van der Waals surface area contributed by atoms with Crippen molar-refractivity contribution in [3.8, 4) is 0 Å². The minimum Gasteiger partial charge on any atom is -0.394 e. The molecule has 128 valence electrons. The molecule has 5 heteroatoms. The van der Waals surface area contributed by atoms with Crippen molar-refractivity contribution in [3.05, 3.63) is 12.7 Å². The lowest BCUT2D eigenvalue weighted by Crippen LogP contribution is -2.19. The number of aliphatic hydroxyl groups excluding tert-OH is 2. The van der Waals surface area contributed by atoms with Crippen molar-refractivity contribution >= 4 is 0 Å². The molecule has 0 amide bonds. The second kappa shape index (κ2) is 24.6. The Balaban J connectivity index is 0. The molecular weight excluding hydrogens is 270 g/mol. The largest absolute Gasteiger partial charge is 0.394 e. The normalized spacial score (nSPS) is 10.0. The van der Waals surface area contributed by atoms with Crippen molar-refractivity contribution in [1.29, 1.82) is 0 Å². The van der Waals surface area contributed by atoms with E-state index in [2.05, 4.69) is 28.8 Å². The molecule has 0 saturated heterocycles. The van der Waals surface area contributed by atoms with Gasteiger partial charge in [-0.05, 0) is 12.8 Å². The maximum atomic E-state index is 8.15. The number of nitrogens with one attached hydrogen (secondary N) is 1. The molecule has 0 bridgehead atoms.